The Balaban J connectivity index is 4.37. The van der Waals surface area contributed by atoms with Crippen LogP contribution in [0.4, 0.5) is 18.0 Å². The van der Waals surface area contributed by atoms with E-state index in [4.69, 9.17) is 5.11 Å². The monoisotopic (exact) mass is 284 g/mol. The lowest BCUT2D eigenvalue weighted by atomic mass is 10.1. The van der Waals surface area contributed by atoms with Gasteiger partial charge in [0.25, 0.3) is 0 Å². The number of nitrogens with zero attached hydrogens (tertiary/aromatic N) is 1. The van der Waals surface area contributed by atoms with Crippen molar-refractivity contribution in [1.82, 2.24) is 10.2 Å². The first kappa shape index (κ1) is 17.5. The molecule has 0 aromatic carbocycles. The Labute approximate surface area is 109 Å². The summed E-state index contributed by atoms with van der Waals surface area (Å²) < 4.78 is 36.7. The highest BCUT2D eigenvalue weighted by Crippen LogP contribution is 2.22. The standard InChI is InChI=1S/C11H19F3N2O3/c1-4-8(5-11(12,13)14)15-10(19)16(3)6-7(2)9(17)18/h7-8H,4-6H2,1-3H3,(H,15,19)(H,17,18). The fourth-order valence-corrected chi connectivity index (χ4v) is 1.43. The van der Waals surface area contributed by atoms with Gasteiger partial charge in [0.1, 0.15) is 0 Å². The van der Waals surface area contributed by atoms with Crippen molar-refractivity contribution in [2.75, 3.05) is 13.6 Å². The summed E-state index contributed by atoms with van der Waals surface area (Å²) >= 11 is 0. The van der Waals surface area contributed by atoms with Crippen LogP contribution in [0.25, 0.3) is 0 Å². The summed E-state index contributed by atoms with van der Waals surface area (Å²) in [6.07, 6.45) is -5.30. The minimum atomic E-state index is -4.35. The largest absolute Gasteiger partial charge is 0.481 e. The lowest BCUT2D eigenvalue weighted by Crippen LogP contribution is -2.46. The molecule has 112 valence electrons. The van der Waals surface area contributed by atoms with E-state index in [1.54, 1.807) is 0 Å². The molecule has 0 aliphatic rings. The molecule has 5 nitrogen and oxygen atoms in total. The summed E-state index contributed by atoms with van der Waals surface area (Å²) in [5, 5.41) is 10.9. The van der Waals surface area contributed by atoms with Crippen LogP contribution < -0.4 is 5.32 Å². The molecule has 19 heavy (non-hydrogen) atoms. The van der Waals surface area contributed by atoms with Crippen molar-refractivity contribution < 1.29 is 27.9 Å². The first-order chi connectivity index (χ1) is 8.56. The summed E-state index contributed by atoms with van der Waals surface area (Å²) in [7, 11) is 1.34. The van der Waals surface area contributed by atoms with Crippen molar-refractivity contribution in [1.29, 1.82) is 0 Å². The second-order valence-electron chi connectivity index (χ2n) is 4.49. The maximum Gasteiger partial charge on any atom is 0.391 e. The molecule has 2 amide bonds. The van der Waals surface area contributed by atoms with Crippen LogP contribution in [0.15, 0.2) is 0 Å². The molecular formula is C11H19F3N2O3. The Kier molecular flexibility index (Phi) is 6.64. The van der Waals surface area contributed by atoms with Crippen molar-refractivity contribution in [3.8, 4) is 0 Å². The van der Waals surface area contributed by atoms with Gasteiger partial charge in [-0.3, -0.25) is 4.79 Å². The molecule has 0 rings (SSSR count). The number of aliphatic carboxylic acids is 1. The third kappa shape index (κ3) is 7.53. The van der Waals surface area contributed by atoms with E-state index >= 15 is 0 Å². The number of urea groups is 1. The van der Waals surface area contributed by atoms with Crippen molar-refractivity contribution in [3.05, 3.63) is 0 Å². The van der Waals surface area contributed by atoms with Crippen LogP contribution in [-0.4, -0.2) is 47.8 Å². The minimum absolute atomic E-state index is 0.0659. The van der Waals surface area contributed by atoms with Crippen LogP contribution in [0.5, 0.6) is 0 Å². The summed E-state index contributed by atoms with van der Waals surface area (Å²) in [4.78, 5) is 23.3. The highest BCUT2D eigenvalue weighted by atomic mass is 19.4. The summed E-state index contributed by atoms with van der Waals surface area (Å²) in [6.45, 7) is 2.89. The van der Waals surface area contributed by atoms with Crippen LogP contribution in [0.3, 0.4) is 0 Å². The van der Waals surface area contributed by atoms with Crippen LogP contribution in [0, 0.1) is 5.92 Å². The molecule has 2 unspecified atom stereocenters. The van der Waals surface area contributed by atoms with Gasteiger partial charge >= 0.3 is 18.2 Å². The molecule has 2 N–H and O–H groups in total. The second-order valence-corrected chi connectivity index (χ2v) is 4.49. The van der Waals surface area contributed by atoms with Gasteiger partial charge in [-0.05, 0) is 6.42 Å². The number of nitrogens with one attached hydrogen (secondary N) is 1. The molecule has 0 aromatic rings. The Morgan fingerprint density at radius 2 is 1.89 bits per heavy atom. The highest BCUT2D eigenvalue weighted by Gasteiger charge is 2.32. The minimum Gasteiger partial charge on any atom is -0.481 e. The number of carbonyl (C=O) groups excluding carboxylic acids is 1. The number of hydrogen-bond acceptors (Lipinski definition) is 2. The molecule has 0 saturated carbocycles. The molecule has 0 fully saturated rings. The molecule has 0 heterocycles. The van der Waals surface area contributed by atoms with Crippen LogP contribution in [0.1, 0.15) is 26.7 Å². The average molecular weight is 284 g/mol. The number of hydrogen-bond donors (Lipinski definition) is 2. The van der Waals surface area contributed by atoms with E-state index in [1.165, 1.54) is 20.9 Å². The average Bonchev–Trinajstić information content (AvgIpc) is 2.25. The Morgan fingerprint density at radius 1 is 1.37 bits per heavy atom. The van der Waals surface area contributed by atoms with E-state index in [-0.39, 0.29) is 13.0 Å². The SMILES string of the molecule is CCC(CC(F)(F)F)NC(=O)N(C)CC(C)C(=O)O. The number of rotatable bonds is 6. The molecule has 2 atom stereocenters. The number of amides is 2. The van der Waals surface area contributed by atoms with Crippen LogP contribution in [0.2, 0.25) is 0 Å². The van der Waals surface area contributed by atoms with Crippen LogP contribution >= 0.6 is 0 Å². The Bertz CT molecular complexity index is 321. The summed E-state index contributed by atoms with van der Waals surface area (Å²) in [5.74, 6) is -1.85. The lowest BCUT2D eigenvalue weighted by Gasteiger charge is -2.24. The van der Waals surface area contributed by atoms with E-state index in [0.29, 0.717) is 0 Å². The molecule has 0 aliphatic carbocycles. The van der Waals surface area contributed by atoms with Crippen molar-refractivity contribution in [2.24, 2.45) is 5.92 Å². The topological polar surface area (TPSA) is 69.6 Å². The molecule has 0 radical (unpaired) electrons. The summed E-state index contributed by atoms with van der Waals surface area (Å²) in [5.41, 5.74) is 0. The van der Waals surface area contributed by atoms with Gasteiger partial charge in [0.15, 0.2) is 0 Å². The predicted octanol–water partition coefficient (Wildman–Crippen LogP) is 2.08. The maximum atomic E-state index is 12.2. The number of carboxylic acids is 1. The van der Waals surface area contributed by atoms with Gasteiger partial charge in [-0.1, -0.05) is 13.8 Å². The first-order valence-electron chi connectivity index (χ1n) is 5.88. The number of carbonyl (C=O) groups is 2. The van der Waals surface area contributed by atoms with Gasteiger partial charge in [0.2, 0.25) is 0 Å². The fourth-order valence-electron chi connectivity index (χ4n) is 1.43. The fraction of sp³-hybridized carbons (Fsp3) is 0.818. The summed E-state index contributed by atoms with van der Waals surface area (Å²) in [6, 6.07) is -1.71. The zero-order valence-electron chi connectivity index (χ0n) is 11.1. The first-order valence-corrected chi connectivity index (χ1v) is 5.88. The van der Waals surface area contributed by atoms with Crippen molar-refractivity contribution in [3.63, 3.8) is 0 Å². The smallest absolute Gasteiger partial charge is 0.391 e. The van der Waals surface area contributed by atoms with Gasteiger partial charge in [-0.15, -0.1) is 0 Å². The second kappa shape index (κ2) is 7.20. The lowest BCUT2D eigenvalue weighted by molar-refractivity contribution is -0.141. The van der Waals surface area contributed by atoms with Gasteiger partial charge < -0.3 is 15.3 Å². The normalized spacial score (nSPS) is 14.6. The molecule has 0 spiro atoms. The Morgan fingerprint density at radius 3 is 2.26 bits per heavy atom. The van der Waals surface area contributed by atoms with E-state index in [9.17, 15) is 22.8 Å². The highest BCUT2D eigenvalue weighted by molar-refractivity contribution is 5.75. The van der Waals surface area contributed by atoms with E-state index < -0.39 is 36.6 Å². The van der Waals surface area contributed by atoms with Gasteiger partial charge in [0, 0.05) is 19.6 Å². The quantitative estimate of drug-likeness (QED) is 0.784. The molecule has 0 bridgehead atoms. The molecule has 0 saturated heterocycles. The number of halogens is 3. The predicted molar refractivity (Wildman–Crippen MR) is 62.7 cm³/mol. The van der Waals surface area contributed by atoms with E-state index in [0.717, 1.165) is 4.90 Å². The van der Waals surface area contributed by atoms with Gasteiger partial charge in [-0.25, -0.2) is 4.79 Å². The van der Waals surface area contributed by atoms with E-state index in [2.05, 4.69) is 5.32 Å². The van der Waals surface area contributed by atoms with E-state index in [1.807, 2.05) is 0 Å². The molecule has 0 aromatic heterocycles. The number of alkyl halides is 3. The Hall–Kier alpha value is -1.47. The molecule has 0 aliphatic heterocycles. The zero-order chi connectivity index (χ0) is 15.2. The van der Waals surface area contributed by atoms with Gasteiger partial charge in [0.05, 0.1) is 12.3 Å². The maximum absolute atomic E-state index is 12.2. The third-order valence-electron chi connectivity index (χ3n) is 2.61. The van der Waals surface area contributed by atoms with Crippen LogP contribution in [-0.2, 0) is 4.79 Å². The van der Waals surface area contributed by atoms with Crippen molar-refractivity contribution in [2.45, 2.75) is 38.9 Å². The van der Waals surface area contributed by atoms with Gasteiger partial charge in [-0.2, -0.15) is 13.2 Å². The van der Waals surface area contributed by atoms with Crippen molar-refractivity contribution >= 4 is 12.0 Å². The molecular weight excluding hydrogens is 265 g/mol. The number of carboxylic acid groups (broad SMARTS) is 1. The zero-order valence-corrected chi connectivity index (χ0v) is 11.1. The third-order valence-corrected chi connectivity index (χ3v) is 2.61. The molecule has 8 heteroatoms.